The van der Waals surface area contributed by atoms with Crippen molar-refractivity contribution < 1.29 is 22.4 Å². The van der Waals surface area contributed by atoms with Gasteiger partial charge in [0.1, 0.15) is 24.2 Å². The van der Waals surface area contributed by atoms with E-state index in [1.54, 1.807) is 30.5 Å². The molecular formula is C21H27N3O5S. The molecule has 0 aliphatic carbocycles. The second-order valence-corrected chi connectivity index (χ2v) is 8.66. The molecule has 0 bridgehead atoms. The first kappa shape index (κ1) is 22.0. The number of benzene rings is 1. The Bertz CT molecular complexity index is 970. The minimum atomic E-state index is -3.63. The quantitative estimate of drug-likeness (QED) is 0.529. The van der Waals surface area contributed by atoms with E-state index in [0.29, 0.717) is 38.2 Å². The minimum absolute atomic E-state index is 0.187. The fraction of sp³-hybridized carbons (Fsp3) is 0.429. The fourth-order valence-corrected chi connectivity index (χ4v) is 4.35. The van der Waals surface area contributed by atoms with E-state index in [-0.39, 0.29) is 16.6 Å². The summed E-state index contributed by atoms with van der Waals surface area (Å²) in [7, 11) is -3.63. The summed E-state index contributed by atoms with van der Waals surface area (Å²) in [5.74, 6) is 0.767. The molecule has 1 aliphatic rings. The molecule has 0 spiro atoms. The molecule has 1 aromatic carbocycles. The van der Waals surface area contributed by atoms with Gasteiger partial charge in [0.15, 0.2) is 0 Å². The summed E-state index contributed by atoms with van der Waals surface area (Å²) in [5, 5.41) is 2.88. The molecule has 8 nitrogen and oxygen atoms in total. The minimum Gasteiger partial charge on any atom is -0.467 e. The van der Waals surface area contributed by atoms with Crippen LogP contribution >= 0.6 is 0 Å². The summed E-state index contributed by atoms with van der Waals surface area (Å²) in [4.78, 5) is 17.3. The van der Waals surface area contributed by atoms with Gasteiger partial charge in [0.25, 0.3) is 10.0 Å². The zero-order valence-electron chi connectivity index (χ0n) is 17.0. The summed E-state index contributed by atoms with van der Waals surface area (Å²) in [6.45, 7) is 3.37. The standard InChI is InChI=1S/C21H27N3O5S/c1-2-3-10-18(21(25)22-12-7-13-28-15-16-8-6-14-29-16)23-20-17-9-4-5-11-19(17)30(26,27)24-20/h4-6,8-9,11,14,18H,2-3,7,10,12-13,15H2,1H3,(H,22,25)(H,23,24). The van der Waals surface area contributed by atoms with Gasteiger partial charge in [-0.1, -0.05) is 31.9 Å². The number of furan rings is 1. The van der Waals surface area contributed by atoms with Crippen molar-refractivity contribution in [3.05, 3.63) is 54.0 Å². The Morgan fingerprint density at radius 3 is 2.83 bits per heavy atom. The first-order valence-corrected chi connectivity index (χ1v) is 11.6. The summed E-state index contributed by atoms with van der Waals surface area (Å²) >= 11 is 0. The van der Waals surface area contributed by atoms with E-state index in [1.807, 2.05) is 13.0 Å². The Morgan fingerprint density at radius 2 is 2.07 bits per heavy atom. The van der Waals surface area contributed by atoms with Crippen LogP contribution < -0.4 is 10.0 Å². The number of carbonyl (C=O) groups excluding carboxylic acids is 1. The van der Waals surface area contributed by atoms with Crippen LogP contribution in [0.3, 0.4) is 0 Å². The number of fused-ring (bicyclic) bond motifs is 1. The van der Waals surface area contributed by atoms with Crippen LogP contribution in [0, 0.1) is 0 Å². The fourth-order valence-electron chi connectivity index (χ4n) is 3.11. The molecule has 1 amide bonds. The summed E-state index contributed by atoms with van der Waals surface area (Å²) in [6.07, 6.45) is 4.52. The van der Waals surface area contributed by atoms with E-state index >= 15 is 0 Å². The number of aliphatic imine (C=N–C) groups is 1. The van der Waals surface area contributed by atoms with Crippen molar-refractivity contribution in [3.8, 4) is 0 Å². The molecule has 2 N–H and O–H groups in total. The molecule has 0 fully saturated rings. The first-order valence-electron chi connectivity index (χ1n) is 10.1. The number of nitrogens with one attached hydrogen (secondary N) is 2. The van der Waals surface area contributed by atoms with E-state index in [0.717, 1.165) is 18.6 Å². The number of hydrogen-bond acceptors (Lipinski definition) is 6. The third kappa shape index (κ3) is 5.70. The molecule has 1 unspecified atom stereocenters. The van der Waals surface area contributed by atoms with Crippen molar-refractivity contribution in [1.29, 1.82) is 0 Å². The van der Waals surface area contributed by atoms with Crippen LogP contribution in [0.5, 0.6) is 0 Å². The van der Waals surface area contributed by atoms with Crippen molar-refractivity contribution >= 4 is 21.8 Å². The van der Waals surface area contributed by atoms with E-state index in [9.17, 15) is 13.2 Å². The highest BCUT2D eigenvalue weighted by molar-refractivity contribution is 7.90. The molecule has 2 aromatic rings. The molecule has 2 heterocycles. The molecule has 3 rings (SSSR count). The molecule has 30 heavy (non-hydrogen) atoms. The van der Waals surface area contributed by atoms with Gasteiger partial charge < -0.3 is 14.5 Å². The molecule has 162 valence electrons. The highest BCUT2D eigenvalue weighted by Crippen LogP contribution is 2.23. The molecule has 9 heteroatoms. The van der Waals surface area contributed by atoms with Gasteiger partial charge >= 0.3 is 0 Å². The van der Waals surface area contributed by atoms with Gasteiger partial charge in [-0.05, 0) is 37.1 Å². The summed E-state index contributed by atoms with van der Waals surface area (Å²) in [5.41, 5.74) is 0.498. The lowest BCUT2D eigenvalue weighted by Gasteiger charge is -2.14. The van der Waals surface area contributed by atoms with Gasteiger partial charge in [0.05, 0.1) is 11.2 Å². The van der Waals surface area contributed by atoms with Crippen LogP contribution in [0.2, 0.25) is 0 Å². The largest absolute Gasteiger partial charge is 0.467 e. The third-order valence-electron chi connectivity index (χ3n) is 4.67. The van der Waals surface area contributed by atoms with Crippen molar-refractivity contribution in [1.82, 2.24) is 10.0 Å². The maximum absolute atomic E-state index is 12.7. The molecule has 1 aliphatic heterocycles. The molecule has 1 atom stereocenters. The Balaban J connectivity index is 1.56. The van der Waals surface area contributed by atoms with Crippen LogP contribution in [-0.4, -0.2) is 39.4 Å². The second-order valence-electron chi connectivity index (χ2n) is 7.01. The Kier molecular flexibility index (Phi) is 7.64. The van der Waals surface area contributed by atoms with Gasteiger partial charge in [-0.3, -0.25) is 14.5 Å². The predicted molar refractivity (Wildman–Crippen MR) is 113 cm³/mol. The number of hydrogen-bond donors (Lipinski definition) is 2. The number of amides is 1. The van der Waals surface area contributed by atoms with Crippen molar-refractivity contribution in [2.75, 3.05) is 13.2 Å². The van der Waals surface area contributed by atoms with E-state index in [2.05, 4.69) is 15.0 Å². The molecular weight excluding hydrogens is 406 g/mol. The average Bonchev–Trinajstić information content (AvgIpc) is 3.34. The van der Waals surface area contributed by atoms with Gasteiger partial charge in [-0.25, -0.2) is 8.42 Å². The van der Waals surface area contributed by atoms with Crippen molar-refractivity contribution in [2.24, 2.45) is 4.99 Å². The maximum atomic E-state index is 12.7. The van der Waals surface area contributed by atoms with Crippen LogP contribution in [0.1, 0.15) is 43.9 Å². The Morgan fingerprint density at radius 1 is 1.23 bits per heavy atom. The van der Waals surface area contributed by atoms with Gasteiger partial charge in [0, 0.05) is 18.7 Å². The third-order valence-corrected chi connectivity index (χ3v) is 6.07. The van der Waals surface area contributed by atoms with Crippen molar-refractivity contribution in [2.45, 2.75) is 50.2 Å². The number of sulfonamides is 1. The van der Waals surface area contributed by atoms with Crippen LogP contribution in [0.15, 0.2) is 57.0 Å². The molecule has 1 aromatic heterocycles. The SMILES string of the molecule is CCCCC(N=C1NS(=O)(=O)c2ccccc21)C(=O)NCCCOCc1ccco1. The number of rotatable bonds is 11. The Labute approximate surface area is 176 Å². The lowest BCUT2D eigenvalue weighted by atomic mass is 10.1. The van der Waals surface area contributed by atoms with Crippen LogP contribution in [-0.2, 0) is 26.2 Å². The van der Waals surface area contributed by atoms with Crippen LogP contribution in [0.25, 0.3) is 0 Å². The second kappa shape index (κ2) is 10.4. The normalized spacial score (nSPS) is 16.8. The zero-order valence-corrected chi connectivity index (χ0v) is 17.8. The lowest BCUT2D eigenvalue weighted by Crippen LogP contribution is -2.36. The number of carbonyl (C=O) groups is 1. The highest BCUT2D eigenvalue weighted by atomic mass is 32.2. The smallest absolute Gasteiger partial charge is 0.263 e. The first-order chi connectivity index (χ1) is 14.5. The molecule has 0 radical (unpaired) electrons. The van der Waals surface area contributed by atoms with Crippen molar-refractivity contribution in [3.63, 3.8) is 0 Å². The van der Waals surface area contributed by atoms with Gasteiger partial charge in [-0.2, -0.15) is 0 Å². The molecule has 0 saturated carbocycles. The topological polar surface area (TPSA) is 110 Å². The summed E-state index contributed by atoms with van der Waals surface area (Å²) in [6, 6.07) is 9.63. The monoisotopic (exact) mass is 433 g/mol. The van der Waals surface area contributed by atoms with E-state index in [1.165, 1.54) is 6.07 Å². The lowest BCUT2D eigenvalue weighted by molar-refractivity contribution is -0.122. The van der Waals surface area contributed by atoms with E-state index < -0.39 is 16.1 Å². The number of ether oxygens (including phenoxy) is 1. The number of nitrogens with zero attached hydrogens (tertiary/aromatic N) is 1. The zero-order chi connectivity index (χ0) is 21.4. The maximum Gasteiger partial charge on any atom is 0.263 e. The highest BCUT2D eigenvalue weighted by Gasteiger charge is 2.31. The Hall–Kier alpha value is -2.65. The molecule has 0 saturated heterocycles. The van der Waals surface area contributed by atoms with Gasteiger partial charge in [0.2, 0.25) is 5.91 Å². The predicted octanol–water partition coefficient (Wildman–Crippen LogP) is 2.60. The number of amidine groups is 1. The van der Waals surface area contributed by atoms with Gasteiger partial charge in [-0.15, -0.1) is 0 Å². The average molecular weight is 434 g/mol. The van der Waals surface area contributed by atoms with E-state index in [4.69, 9.17) is 9.15 Å². The number of unbranched alkanes of at least 4 members (excludes halogenated alkanes) is 1. The summed E-state index contributed by atoms with van der Waals surface area (Å²) < 4.78 is 37.7. The van der Waals surface area contributed by atoms with Crippen LogP contribution in [0.4, 0.5) is 0 Å².